The summed E-state index contributed by atoms with van der Waals surface area (Å²) in [6, 6.07) is 7.27. The molecule has 8 heteroatoms. The van der Waals surface area contributed by atoms with Crippen LogP contribution >= 0.6 is 0 Å². The lowest BCUT2D eigenvalue weighted by Crippen LogP contribution is -2.00. The highest BCUT2D eigenvalue weighted by atomic mass is 16.4. The molecule has 1 aromatic carbocycles. The van der Waals surface area contributed by atoms with Crippen molar-refractivity contribution < 1.29 is 39.6 Å². The van der Waals surface area contributed by atoms with Gasteiger partial charge in [-0.15, -0.1) is 0 Å². The molecule has 0 aromatic heterocycles. The van der Waals surface area contributed by atoms with E-state index >= 15 is 0 Å². The van der Waals surface area contributed by atoms with Crippen LogP contribution in [0.4, 0.5) is 0 Å². The summed E-state index contributed by atoms with van der Waals surface area (Å²) in [7, 11) is 0. The number of aliphatic hydroxyl groups is 2. The molecule has 0 aliphatic carbocycles. The Morgan fingerprint density at radius 1 is 0.750 bits per heavy atom. The van der Waals surface area contributed by atoms with E-state index in [1.165, 1.54) is 13.8 Å². The normalized spacial score (nSPS) is 8.83. The third-order valence-corrected chi connectivity index (χ3v) is 2.26. The van der Waals surface area contributed by atoms with Crippen LogP contribution in [0.3, 0.4) is 0 Å². The van der Waals surface area contributed by atoms with E-state index in [1.54, 1.807) is 12.1 Å². The molecule has 0 saturated carbocycles. The van der Waals surface area contributed by atoms with Gasteiger partial charge in [0, 0.05) is 0 Å². The van der Waals surface area contributed by atoms with Crippen LogP contribution in [0.15, 0.2) is 24.3 Å². The summed E-state index contributed by atoms with van der Waals surface area (Å²) < 4.78 is 0. The van der Waals surface area contributed by atoms with Crippen molar-refractivity contribution in [2.75, 3.05) is 0 Å². The molecule has 8 nitrogen and oxygen atoms in total. The molecule has 0 heterocycles. The maximum absolute atomic E-state index is 9.87. The number of carbonyl (C=O) groups excluding carboxylic acids is 2. The molecular formula is C16H22O8. The predicted octanol–water partition coefficient (Wildman–Crippen LogP) is 0.771. The predicted molar refractivity (Wildman–Crippen MR) is 84.2 cm³/mol. The molecule has 0 aliphatic rings. The Morgan fingerprint density at radius 3 is 1.17 bits per heavy atom. The van der Waals surface area contributed by atoms with Gasteiger partial charge in [0.05, 0.1) is 13.2 Å². The van der Waals surface area contributed by atoms with Crippen LogP contribution in [0.2, 0.25) is 0 Å². The Labute approximate surface area is 139 Å². The Morgan fingerprint density at radius 2 is 1.04 bits per heavy atom. The van der Waals surface area contributed by atoms with Crippen LogP contribution in [-0.2, 0) is 32.4 Å². The number of benzene rings is 1. The minimum absolute atomic E-state index is 0.00324. The van der Waals surface area contributed by atoms with Crippen LogP contribution < -0.4 is 0 Å². The van der Waals surface area contributed by atoms with Gasteiger partial charge in [-0.25, -0.2) is 0 Å². The Bertz CT molecular complexity index is 478. The number of aliphatic carboxylic acids is 2. The van der Waals surface area contributed by atoms with Crippen molar-refractivity contribution in [3.63, 3.8) is 0 Å². The van der Waals surface area contributed by atoms with Gasteiger partial charge in [0.15, 0.2) is 0 Å². The number of hydrogen-bond acceptors (Lipinski definition) is 6. The Kier molecular flexibility index (Phi) is 13.9. The zero-order chi connectivity index (χ0) is 19.1. The third kappa shape index (κ3) is 15.8. The molecule has 0 amide bonds. The maximum Gasteiger partial charge on any atom is 0.310 e. The summed E-state index contributed by atoms with van der Waals surface area (Å²) in [5, 5.41) is 33.2. The average Bonchev–Trinajstić information content (AvgIpc) is 2.45. The molecule has 0 atom stereocenters. The fraction of sp³-hybridized carbons (Fsp3) is 0.375. The molecule has 1 rings (SSSR count). The number of Topliss-reactive ketones (excluding diaryl/α,β-unsaturated/α-hetero) is 2. The fourth-order valence-electron chi connectivity index (χ4n) is 1.29. The maximum atomic E-state index is 9.87. The van der Waals surface area contributed by atoms with Gasteiger partial charge >= 0.3 is 11.9 Å². The minimum atomic E-state index is -1.06. The quantitative estimate of drug-likeness (QED) is 0.554. The lowest BCUT2D eigenvalue weighted by atomic mass is 10.1. The highest BCUT2D eigenvalue weighted by Gasteiger charge is 1.99. The molecule has 24 heavy (non-hydrogen) atoms. The van der Waals surface area contributed by atoms with Crippen molar-refractivity contribution >= 4 is 23.5 Å². The summed E-state index contributed by atoms with van der Waals surface area (Å²) in [5.41, 5.74) is 1.59. The number of carboxylic acid groups (broad SMARTS) is 2. The van der Waals surface area contributed by atoms with E-state index in [4.69, 9.17) is 20.4 Å². The third-order valence-electron chi connectivity index (χ3n) is 2.26. The summed E-state index contributed by atoms with van der Waals surface area (Å²) in [6.07, 6.45) is -0.722. The number of hydrogen-bond donors (Lipinski definition) is 4. The Balaban J connectivity index is 0. The van der Waals surface area contributed by atoms with Crippen molar-refractivity contribution in [3.05, 3.63) is 35.4 Å². The zero-order valence-corrected chi connectivity index (χ0v) is 13.6. The monoisotopic (exact) mass is 342 g/mol. The van der Waals surface area contributed by atoms with Gasteiger partial charge in [-0.05, 0) is 25.0 Å². The van der Waals surface area contributed by atoms with Crippen LogP contribution in [-0.4, -0.2) is 43.9 Å². The van der Waals surface area contributed by atoms with E-state index in [0.717, 1.165) is 11.1 Å². The Hall–Kier alpha value is -2.58. The van der Waals surface area contributed by atoms with Gasteiger partial charge in [-0.3, -0.25) is 19.2 Å². The lowest BCUT2D eigenvalue weighted by molar-refractivity contribution is -0.141. The number of carboxylic acids is 2. The summed E-state index contributed by atoms with van der Waals surface area (Å²) in [6.45, 7) is 2.48. The second-order valence-electron chi connectivity index (χ2n) is 4.63. The van der Waals surface area contributed by atoms with E-state index in [9.17, 15) is 19.2 Å². The molecule has 0 aliphatic heterocycles. The van der Waals surface area contributed by atoms with Crippen LogP contribution in [0.25, 0.3) is 0 Å². The van der Waals surface area contributed by atoms with Gasteiger partial charge in [0.1, 0.15) is 24.4 Å². The first-order valence-electron chi connectivity index (χ1n) is 6.84. The first-order chi connectivity index (χ1) is 11.1. The number of rotatable bonds is 6. The minimum Gasteiger partial charge on any atom is -0.481 e. The molecular weight excluding hydrogens is 320 g/mol. The summed E-state index contributed by atoms with van der Waals surface area (Å²) in [5.74, 6) is -2.75. The van der Waals surface area contributed by atoms with Crippen LogP contribution in [0, 0.1) is 0 Å². The number of aliphatic hydroxyl groups excluding tert-OH is 2. The molecule has 134 valence electrons. The standard InChI is InChI=1S/C8H10O2.2C4H6O3/c9-5-7-3-1-2-4-8(7)6-10;2*1-3(5)2-4(6)7/h1-4,9-10H,5-6H2;2*2H2,1H3,(H,6,7). The van der Waals surface area contributed by atoms with E-state index in [1.807, 2.05) is 12.1 Å². The van der Waals surface area contributed by atoms with Gasteiger partial charge in [0.25, 0.3) is 0 Å². The van der Waals surface area contributed by atoms with E-state index < -0.39 is 11.9 Å². The SMILES string of the molecule is CC(=O)CC(=O)O.CC(=O)CC(=O)O.OCc1ccccc1CO. The average molecular weight is 342 g/mol. The number of ketones is 2. The van der Waals surface area contributed by atoms with E-state index in [0.29, 0.717) is 0 Å². The van der Waals surface area contributed by atoms with Crippen molar-refractivity contribution in [1.82, 2.24) is 0 Å². The van der Waals surface area contributed by atoms with E-state index in [2.05, 4.69) is 0 Å². The second kappa shape index (κ2) is 14.0. The van der Waals surface area contributed by atoms with Crippen molar-refractivity contribution in [3.8, 4) is 0 Å². The molecule has 0 unspecified atom stereocenters. The van der Waals surface area contributed by atoms with E-state index in [-0.39, 0.29) is 37.6 Å². The van der Waals surface area contributed by atoms with Crippen LogP contribution in [0.5, 0.6) is 0 Å². The molecule has 0 fully saturated rings. The molecule has 1 aromatic rings. The molecule has 0 spiro atoms. The summed E-state index contributed by atoms with van der Waals surface area (Å²) >= 11 is 0. The molecule has 4 N–H and O–H groups in total. The van der Waals surface area contributed by atoms with Crippen LogP contribution in [0.1, 0.15) is 37.8 Å². The first kappa shape index (κ1) is 23.7. The first-order valence-corrected chi connectivity index (χ1v) is 6.84. The molecule has 0 radical (unpaired) electrons. The van der Waals surface area contributed by atoms with Crippen molar-refractivity contribution in [2.24, 2.45) is 0 Å². The summed E-state index contributed by atoms with van der Waals surface area (Å²) in [4.78, 5) is 38.9. The second-order valence-corrected chi connectivity index (χ2v) is 4.63. The zero-order valence-electron chi connectivity index (χ0n) is 13.6. The highest BCUT2D eigenvalue weighted by Crippen LogP contribution is 2.07. The number of carbonyl (C=O) groups is 4. The van der Waals surface area contributed by atoms with Gasteiger partial charge < -0.3 is 20.4 Å². The van der Waals surface area contributed by atoms with Gasteiger partial charge in [-0.1, -0.05) is 24.3 Å². The van der Waals surface area contributed by atoms with Gasteiger partial charge in [-0.2, -0.15) is 0 Å². The van der Waals surface area contributed by atoms with Gasteiger partial charge in [0.2, 0.25) is 0 Å². The smallest absolute Gasteiger partial charge is 0.310 e. The highest BCUT2D eigenvalue weighted by molar-refractivity contribution is 5.93. The fourth-order valence-corrected chi connectivity index (χ4v) is 1.29. The van der Waals surface area contributed by atoms with Crippen molar-refractivity contribution in [2.45, 2.75) is 39.9 Å². The lowest BCUT2D eigenvalue weighted by Gasteiger charge is -2.01. The topological polar surface area (TPSA) is 149 Å². The largest absolute Gasteiger partial charge is 0.481 e. The van der Waals surface area contributed by atoms with Crippen molar-refractivity contribution in [1.29, 1.82) is 0 Å². The molecule has 0 saturated heterocycles. The molecule has 0 bridgehead atoms.